The number of furan rings is 1. The van der Waals surface area contributed by atoms with Crippen molar-refractivity contribution in [2.24, 2.45) is 0 Å². The summed E-state index contributed by atoms with van der Waals surface area (Å²) < 4.78 is 29.7. The molecule has 4 rings (SSSR count). The molecule has 35 heavy (non-hydrogen) atoms. The van der Waals surface area contributed by atoms with Crippen LogP contribution in [-0.2, 0) is 17.9 Å². The number of urea groups is 1. The van der Waals surface area contributed by atoms with Gasteiger partial charge >= 0.3 is 12.0 Å². The van der Waals surface area contributed by atoms with Crippen molar-refractivity contribution in [2.75, 3.05) is 6.61 Å². The molecule has 0 spiro atoms. The van der Waals surface area contributed by atoms with Crippen LogP contribution in [0.3, 0.4) is 0 Å². The number of benzene rings is 2. The number of imide groups is 1. The van der Waals surface area contributed by atoms with E-state index >= 15 is 0 Å². The second-order valence-corrected chi connectivity index (χ2v) is 7.50. The van der Waals surface area contributed by atoms with E-state index in [0.717, 1.165) is 4.90 Å². The van der Waals surface area contributed by atoms with E-state index in [4.69, 9.17) is 19.0 Å². The van der Waals surface area contributed by atoms with E-state index < -0.39 is 23.7 Å². The Balaban J connectivity index is 1.48. The number of amides is 3. The second kappa shape index (κ2) is 10.1. The fraction of sp³-hybridized carbons (Fsp3) is 0.160. The molecule has 1 aliphatic rings. The first-order chi connectivity index (χ1) is 16.8. The Morgan fingerprint density at radius 3 is 2.54 bits per heavy atom. The molecule has 2 aromatic carbocycles. The molecule has 9 nitrogen and oxygen atoms in total. The number of nitrogens with one attached hydrogen (secondary N) is 1. The largest absolute Gasteiger partial charge is 0.490 e. The van der Waals surface area contributed by atoms with Gasteiger partial charge in [0.25, 0.3) is 5.91 Å². The molecule has 0 atom stereocenters. The molecule has 3 amide bonds. The summed E-state index contributed by atoms with van der Waals surface area (Å²) >= 11 is 0. The van der Waals surface area contributed by atoms with E-state index in [0.29, 0.717) is 35.0 Å². The molecular weight excluding hydrogens is 459 g/mol. The summed E-state index contributed by atoms with van der Waals surface area (Å²) in [4.78, 5) is 37.1. The van der Waals surface area contributed by atoms with Crippen LogP contribution < -0.4 is 14.8 Å². The maximum atomic E-state index is 13.1. The molecule has 1 fully saturated rings. The number of carbonyl (C=O) groups excluding carboxylic acids is 2. The van der Waals surface area contributed by atoms with Gasteiger partial charge < -0.3 is 24.3 Å². The zero-order chi connectivity index (χ0) is 24.9. The molecule has 0 bridgehead atoms. The van der Waals surface area contributed by atoms with E-state index in [1.165, 1.54) is 42.5 Å². The normalized spacial score (nSPS) is 14.3. The van der Waals surface area contributed by atoms with Gasteiger partial charge in [0.1, 0.15) is 23.9 Å². The third-order valence-corrected chi connectivity index (χ3v) is 5.04. The topological polar surface area (TPSA) is 118 Å². The standard InChI is InChI=1S/C25H21FN2O7/c1-2-33-22-12-16(5-9-20(22)34-14-18-8-10-21(35-18)24(30)31)11-19-23(29)28(25(32)27-19)13-15-3-6-17(26)7-4-15/h3-12H,2,13-14H2,1H3,(H,27,32)(H,30,31). The van der Waals surface area contributed by atoms with E-state index in [1.54, 1.807) is 25.1 Å². The first kappa shape index (κ1) is 23.6. The lowest BCUT2D eigenvalue weighted by molar-refractivity contribution is -0.123. The van der Waals surface area contributed by atoms with Crippen molar-refractivity contribution in [1.29, 1.82) is 0 Å². The Bertz CT molecular complexity index is 1300. The molecule has 1 aromatic heterocycles. The Kier molecular flexibility index (Phi) is 6.81. The number of carboxylic acids is 1. The molecule has 2 N–H and O–H groups in total. The summed E-state index contributed by atoms with van der Waals surface area (Å²) in [5, 5.41) is 11.5. The minimum atomic E-state index is -1.17. The molecule has 0 aliphatic carbocycles. The number of rotatable bonds is 9. The zero-order valence-corrected chi connectivity index (χ0v) is 18.6. The Morgan fingerprint density at radius 2 is 1.86 bits per heavy atom. The van der Waals surface area contributed by atoms with Gasteiger partial charge in [0, 0.05) is 0 Å². The number of hydrogen-bond donors (Lipinski definition) is 2. The monoisotopic (exact) mass is 480 g/mol. The van der Waals surface area contributed by atoms with Gasteiger partial charge in [-0.05, 0) is 60.5 Å². The van der Waals surface area contributed by atoms with Crippen LogP contribution >= 0.6 is 0 Å². The fourth-order valence-electron chi connectivity index (χ4n) is 3.38. The highest BCUT2D eigenvalue weighted by Crippen LogP contribution is 2.31. The van der Waals surface area contributed by atoms with Gasteiger partial charge in [-0.25, -0.2) is 14.0 Å². The van der Waals surface area contributed by atoms with Crippen molar-refractivity contribution >= 4 is 24.0 Å². The van der Waals surface area contributed by atoms with Gasteiger partial charge in [0.15, 0.2) is 11.5 Å². The van der Waals surface area contributed by atoms with Crippen LogP contribution in [0.15, 0.2) is 64.7 Å². The molecule has 1 aliphatic heterocycles. The van der Waals surface area contributed by atoms with Crippen molar-refractivity contribution in [3.63, 3.8) is 0 Å². The molecule has 0 unspecified atom stereocenters. The summed E-state index contributed by atoms with van der Waals surface area (Å²) in [5.41, 5.74) is 1.28. The third-order valence-electron chi connectivity index (χ3n) is 5.04. The predicted molar refractivity (Wildman–Crippen MR) is 121 cm³/mol. The minimum absolute atomic E-state index is 0.00956. The van der Waals surface area contributed by atoms with Crippen LogP contribution in [-0.4, -0.2) is 34.5 Å². The van der Waals surface area contributed by atoms with Crippen LogP contribution in [0.2, 0.25) is 0 Å². The number of halogens is 1. The summed E-state index contributed by atoms with van der Waals surface area (Å²) in [7, 11) is 0. The van der Waals surface area contributed by atoms with Gasteiger partial charge in [-0.3, -0.25) is 9.69 Å². The average Bonchev–Trinajstić information content (AvgIpc) is 3.41. The molecule has 0 radical (unpaired) electrons. The number of carboxylic acid groups (broad SMARTS) is 1. The molecular formula is C25H21FN2O7. The molecule has 180 valence electrons. The molecule has 3 aromatic rings. The maximum Gasteiger partial charge on any atom is 0.371 e. The van der Waals surface area contributed by atoms with Gasteiger partial charge in [-0.2, -0.15) is 0 Å². The molecule has 1 saturated heterocycles. The molecule has 2 heterocycles. The van der Waals surface area contributed by atoms with Crippen molar-refractivity contribution in [3.05, 3.63) is 88.8 Å². The first-order valence-electron chi connectivity index (χ1n) is 10.6. The van der Waals surface area contributed by atoms with Crippen molar-refractivity contribution in [3.8, 4) is 11.5 Å². The summed E-state index contributed by atoms with van der Waals surface area (Å²) in [6, 6.07) is 12.8. The third kappa shape index (κ3) is 5.49. The number of ether oxygens (including phenoxy) is 2. The molecule has 10 heteroatoms. The van der Waals surface area contributed by atoms with E-state index in [-0.39, 0.29) is 24.6 Å². The summed E-state index contributed by atoms with van der Waals surface area (Å²) in [5.74, 6) is -1.16. The summed E-state index contributed by atoms with van der Waals surface area (Å²) in [6.45, 7) is 2.15. The quantitative estimate of drug-likeness (QED) is 0.348. The van der Waals surface area contributed by atoms with Crippen LogP contribution in [0.1, 0.15) is 34.4 Å². The lowest BCUT2D eigenvalue weighted by Gasteiger charge is -2.12. The number of aromatic carboxylic acids is 1. The van der Waals surface area contributed by atoms with Gasteiger partial charge in [-0.15, -0.1) is 0 Å². The minimum Gasteiger partial charge on any atom is -0.490 e. The van der Waals surface area contributed by atoms with Crippen molar-refractivity contribution in [1.82, 2.24) is 10.2 Å². The van der Waals surface area contributed by atoms with Crippen LogP contribution in [0.5, 0.6) is 11.5 Å². The number of hydrogen-bond acceptors (Lipinski definition) is 6. The highest BCUT2D eigenvalue weighted by atomic mass is 19.1. The van der Waals surface area contributed by atoms with Crippen molar-refractivity contribution in [2.45, 2.75) is 20.1 Å². The fourth-order valence-corrected chi connectivity index (χ4v) is 3.38. The lowest BCUT2D eigenvalue weighted by atomic mass is 10.1. The second-order valence-electron chi connectivity index (χ2n) is 7.50. The first-order valence-corrected chi connectivity index (χ1v) is 10.6. The van der Waals surface area contributed by atoms with E-state index in [1.807, 2.05) is 0 Å². The van der Waals surface area contributed by atoms with E-state index in [2.05, 4.69) is 5.32 Å². The lowest BCUT2D eigenvalue weighted by Crippen LogP contribution is -2.30. The smallest absolute Gasteiger partial charge is 0.371 e. The Labute approximate surface area is 199 Å². The number of nitrogens with zero attached hydrogens (tertiary/aromatic N) is 1. The van der Waals surface area contributed by atoms with Crippen LogP contribution in [0.4, 0.5) is 9.18 Å². The average molecular weight is 480 g/mol. The molecule has 0 saturated carbocycles. The van der Waals surface area contributed by atoms with Crippen LogP contribution in [0, 0.1) is 5.82 Å². The predicted octanol–water partition coefficient (Wildman–Crippen LogP) is 4.19. The van der Waals surface area contributed by atoms with Gasteiger partial charge in [0.05, 0.1) is 13.2 Å². The van der Waals surface area contributed by atoms with Gasteiger partial charge in [0.2, 0.25) is 5.76 Å². The van der Waals surface area contributed by atoms with Crippen LogP contribution in [0.25, 0.3) is 6.08 Å². The Morgan fingerprint density at radius 1 is 1.09 bits per heavy atom. The highest BCUT2D eigenvalue weighted by molar-refractivity contribution is 6.13. The SMILES string of the molecule is CCOc1cc(C=C2NC(=O)N(Cc3ccc(F)cc3)C2=O)ccc1OCc1ccc(C(=O)O)o1. The summed E-state index contributed by atoms with van der Waals surface area (Å²) in [6.07, 6.45) is 1.52. The maximum absolute atomic E-state index is 13.1. The number of carbonyl (C=O) groups is 3. The van der Waals surface area contributed by atoms with E-state index in [9.17, 15) is 18.8 Å². The zero-order valence-electron chi connectivity index (χ0n) is 18.6. The highest BCUT2D eigenvalue weighted by Gasteiger charge is 2.33. The van der Waals surface area contributed by atoms with Gasteiger partial charge in [-0.1, -0.05) is 18.2 Å². The van der Waals surface area contributed by atoms with Crippen molar-refractivity contribution < 1.29 is 37.8 Å². The Hall–Kier alpha value is -4.60.